The third-order valence-corrected chi connectivity index (χ3v) is 11.9. The molecule has 1 N–H and O–H groups in total. The van der Waals surface area contributed by atoms with Gasteiger partial charge in [-0.25, -0.2) is 4.79 Å². The van der Waals surface area contributed by atoms with Crippen LogP contribution in [0.3, 0.4) is 0 Å². The Hall–Kier alpha value is -3.53. The highest BCUT2D eigenvalue weighted by atomic mass is 16.7. The summed E-state index contributed by atoms with van der Waals surface area (Å²) in [5.74, 6) is -2.05. The van der Waals surface area contributed by atoms with E-state index in [2.05, 4.69) is 98.9 Å². The summed E-state index contributed by atoms with van der Waals surface area (Å²) in [6, 6.07) is 0. The highest BCUT2D eigenvalue weighted by Gasteiger charge is 2.25. The van der Waals surface area contributed by atoms with Gasteiger partial charge in [0.25, 0.3) is 6.29 Å². The summed E-state index contributed by atoms with van der Waals surface area (Å²) in [6.07, 6.45) is 65.1. The van der Waals surface area contributed by atoms with Crippen LogP contribution >= 0.6 is 0 Å². The molecule has 2 unspecified atom stereocenters. The number of likely N-dealkylation sites (N-methyl/N-ethyl adjacent to an activating group) is 1. The van der Waals surface area contributed by atoms with E-state index in [1.165, 1.54) is 109 Å². The molecule has 0 amide bonds. The van der Waals surface area contributed by atoms with Crippen molar-refractivity contribution in [3.8, 4) is 0 Å². The van der Waals surface area contributed by atoms with E-state index in [4.69, 9.17) is 18.9 Å². The smallest absolute Gasteiger partial charge is 0.361 e. The normalized spacial score (nSPS) is 13.4. The lowest BCUT2D eigenvalue weighted by molar-refractivity contribution is -0.870. The summed E-state index contributed by atoms with van der Waals surface area (Å²) in [5.41, 5.74) is 0. The van der Waals surface area contributed by atoms with E-state index in [1.54, 1.807) is 0 Å². The van der Waals surface area contributed by atoms with Crippen LogP contribution in [0.15, 0.2) is 85.1 Å². The molecule has 0 radical (unpaired) electrons. The van der Waals surface area contributed by atoms with Crippen molar-refractivity contribution in [2.45, 2.75) is 238 Å². The standard InChI is InChI=1S/C61H105NO8/c1-6-8-10-12-14-16-18-20-22-24-26-28-29-30-31-32-34-36-38-40-42-44-46-48-50-52-59(64)70-57(56-69-61(60(65)66)67-54-53-62(3,4)5)55-68-58(63)51-49-47-45-43-41-39-37-35-33-27-25-23-21-19-17-15-13-11-9-7-2/h8,10,14,16,20,22,26,28,30-31,34,36,40,42,57,61H,6-7,9,11-13,15,17-19,21,23-25,27,29,32-33,35,37-39,41,43-56H2,1-5H3/p+1/b10-8-,16-14-,22-20-,28-26-,31-30-,36-34-,42-40-. The van der Waals surface area contributed by atoms with Crippen molar-refractivity contribution < 1.29 is 42.9 Å². The monoisotopic (exact) mass is 981 g/mol. The first kappa shape index (κ1) is 66.5. The molecule has 0 aromatic rings. The number of carboxylic acids is 1. The van der Waals surface area contributed by atoms with Gasteiger partial charge in [0, 0.05) is 12.8 Å². The Bertz CT molecular complexity index is 1420. The van der Waals surface area contributed by atoms with Crippen LogP contribution in [-0.2, 0) is 33.3 Å². The van der Waals surface area contributed by atoms with Crippen LogP contribution in [0.4, 0.5) is 0 Å². The molecule has 0 aromatic heterocycles. The van der Waals surface area contributed by atoms with Crippen LogP contribution in [0.5, 0.6) is 0 Å². The average Bonchev–Trinajstić information content (AvgIpc) is 3.33. The summed E-state index contributed by atoms with van der Waals surface area (Å²) in [4.78, 5) is 37.4. The van der Waals surface area contributed by atoms with Gasteiger partial charge in [-0.05, 0) is 70.6 Å². The molecule has 70 heavy (non-hydrogen) atoms. The van der Waals surface area contributed by atoms with Crippen LogP contribution < -0.4 is 0 Å². The largest absolute Gasteiger partial charge is 0.477 e. The molecule has 2 atom stereocenters. The number of allylic oxidation sites excluding steroid dienone is 14. The van der Waals surface area contributed by atoms with Crippen molar-refractivity contribution in [2.75, 3.05) is 47.5 Å². The second-order valence-electron chi connectivity index (χ2n) is 19.9. The van der Waals surface area contributed by atoms with Crippen LogP contribution in [0, 0.1) is 0 Å². The topological polar surface area (TPSA) is 108 Å². The lowest BCUT2D eigenvalue weighted by Gasteiger charge is -2.25. The van der Waals surface area contributed by atoms with E-state index < -0.39 is 24.3 Å². The maximum atomic E-state index is 12.9. The zero-order valence-electron chi connectivity index (χ0n) is 45.7. The maximum absolute atomic E-state index is 12.9. The minimum atomic E-state index is -1.52. The van der Waals surface area contributed by atoms with Gasteiger partial charge in [-0.15, -0.1) is 0 Å². The fraction of sp³-hybridized carbons (Fsp3) is 0.721. The van der Waals surface area contributed by atoms with Crippen molar-refractivity contribution in [3.63, 3.8) is 0 Å². The van der Waals surface area contributed by atoms with Gasteiger partial charge in [-0.2, -0.15) is 0 Å². The molecule has 0 aliphatic carbocycles. The first-order chi connectivity index (χ1) is 34.1. The number of hydrogen-bond donors (Lipinski definition) is 1. The Kier molecular flexibility index (Phi) is 49.2. The van der Waals surface area contributed by atoms with Crippen molar-refractivity contribution in [3.05, 3.63) is 85.1 Å². The second-order valence-corrected chi connectivity index (χ2v) is 19.9. The van der Waals surface area contributed by atoms with Gasteiger partial charge < -0.3 is 28.5 Å². The number of carbonyl (C=O) groups is 3. The molecule has 0 rings (SSSR count). The number of rotatable bonds is 51. The summed E-state index contributed by atoms with van der Waals surface area (Å²) >= 11 is 0. The van der Waals surface area contributed by atoms with E-state index in [0.717, 1.165) is 83.5 Å². The molecule has 402 valence electrons. The molecule has 0 aliphatic rings. The van der Waals surface area contributed by atoms with Gasteiger partial charge in [0.1, 0.15) is 13.2 Å². The van der Waals surface area contributed by atoms with Crippen molar-refractivity contribution in [2.24, 2.45) is 0 Å². The molecule has 0 saturated heterocycles. The van der Waals surface area contributed by atoms with E-state index in [0.29, 0.717) is 23.9 Å². The molecule has 9 heteroatoms. The Morgan fingerprint density at radius 2 is 0.814 bits per heavy atom. The number of aliphatic carboxylic acids is 1. The quantitative estimate of drug-likeness (QED) is 0.0211. The van der Waals surface area contributed by atoms with Crippen LogP contribution in [-0.4, -0.2) is 87.4 Å². The second kappa shape index (κ2) is 51.8. The number of esters is 2. The molecule has 0 saturated carbocycles. The average molecular weight is 982 g/mol. The third kappa shape index (κ3) is 52.3. The molecule has 0 fully saturated rings. The van der Waals surface area contributed by atoms with Gasteiger partial charge in [0.05, 0.1) is 34.4 Å². The van der Waals surface area contributed by atoms with E-state index >= 15 is 0 Å². The van der Waals surface area contributed by atoms with Crippen molar-refractivity contribution in [1.82, 2.24) is 0 Å². The predicted molar refractivity (Wildman–Crippen MR) is 295 cm³/mol. The number of nitrogens with zero attached hydrogens (tertiary/aromatic N) is 1. The van der Waals surface area contributed by atoms with Gasteiger partial charge in [0.15, 0.2) is 6.10 Å². The predicted octanol–water partition coefficient (Wildman–Crippen LogP) is 16.4. The van der Waals surface area contributed by atoms with Crippen LogP contribution in [0.25, 0.3) is 0 Å². The molecular formula is C61H106NO8+. The Morgan fingerprint density at radius 1 is 0.443 bits per heavy atom. The highest BCUT2D eigenvalue weighted by Crippen LogP contribution is 2.16. The summed E-state index contributed by atoms with van der Waals surface area (Å²) < 4.78 is 22.8. The van der Waals surface area contributed by atoms with E-state index in [-0.39, 0.29) is 32.2 Å². The molecule has 9 nitrogen and oxygen atoms in total. The lowest BCUT2D eigenvalue weighted by atomic mass is 10.0. The number of quaternary nitrogens is 1. The molecule has 0 heterocycles. The van der Waals surface area contributed by atoms with Gasteiger partial charge in [0.2, 0.25) is 0 Å². The van der Waals surface area contributed by atoms with Crippen molar-refractivity contribution >= 4 is 17.9 Å². The molecule has 0 aromatic carbocycles. The summed E-state index contributed by atoms with van der Waals surface area (Å²) in [5, 5.41) is 9.69. The summed E-state index contributed by atoms with van der Waals surface area (Å²) in [7, 11) is 5.95. The molecule has 0 spiro atoms. The Morgan fingerprint density at radius 3 is 1.21 bits per heavy atom. The van der Waals surface area contributed by atoms with Crippen LogP contribution in [0.2, 0.25) is 0 Å². The zero-order valence-corrected chi connectivity index (χ0v) is 45.7. The number of carbonyl (C=O) groups excluding carboxylic acids is 2. The molecule has 0 aliphatic heterocycles. The molecule has 0 bridgehead atoms. The first-order valence-corrected chi connectivity index (χ1v) is 28.3. The third-order valence-electron chi connectivity index (χ3n) is 11.9. The van der Waals surface area contributed by atoms with Gasteiger partial charge in [-0.3, -0.25) is 9.59 Å². The summed E-state index contributed by atoms with van der Waals surface area (Å²) in [6.45, 7) is 4.73. The van der Waals surface area contributed by atoms with E-state index in [1.807, 2.05) is 21.1 Å². The Balaban J connectivity index is 4.36. The molecular weight excluding hydrogens is 875 g/mol. The minimum absolute atomic E-state index is 0.178. The van der Waals surface area contributed by atoms with Crippen molar-refractivity contribution in [1.29, 1.82) is 0 Å². The van der Waals surface area contributed by atoms with Gasteiger partial charge in [-0.1, -0.05) is 227 Å². The zero-order chi connectivity index (χ0) is 51.3. The first-order valence-electron chi connectivity index (χ1n) is 28.3. The maximum Gasteiger partial charge on any atom is 0.361 e. The fourth-order valence-corrected chi connectivity index (χ4v) is 7.58. The lowest BCUT2D eigenvalue weighted by Crippen LogP contribution is -2.40. The fourth-order valence-electron chi connectivity index (χ4n) is 7.58. The minimum Gasteiger partial charge on any atom is -0.477 e. The SMILES string of the molecule is CC/C=C\C/C=C\C/C=C\C/C=C\C/C=C\C/C=C\C/C=C\CCCCCC(=O)OC(COC(=O)CCCCCCCCCCCCCCCCCCCCCC)COC(OCC[N+](C)(C)C)C(=O)O. The van der Waals surface area contributed by atoms with E-state index in [9.17, 15) is 19.5 Å². The highest BCUT2D eigenvalue weighted by molar-refractivity contribution is 5.71. The van der Waals surface area contributed by atoms with Crippen LogP contribution in [0.1, 0.15) is 226 Å². The number of unbranched alkanes of at least 4 members (excludes halogenated alkanes) is 22. The Labute approximate surface area is 430 Å². The number of carboxylic acid groups (broad SMARTS) is 1. The number of ether oxygens (including phenoxy) is 4. The number of hydrogen-bond acceptors (Lipinski definition) is 7. The van der Waals surface area contributed by atoms with Gasteiger partial charge >= 0.3 is 17.9 Å².